The molecule has 1 fully saturated rings. The maximum atomic E-state index is 12.3. The van der Waals surface area contributed by atoms with Crippen LogP contribution in [0.25, 0.3) is 0 Å². The minimum atomic E-state index is -0.989. The molecule has 1 aromatic rings. The molecular formula is C13H14N2O2. The van der Waals surface area contributed by atoms with E-state index >= 15 is 0 Å². The van der Waals surface area contributed by atoms with E-state index < -0.39 is 5.41 Å². The van der Waals surface area contributed by atoms with Crippen LogP contribution in [0.1, 0.15) is 5.56 Å². The quantitative estimate of drug-likeness (QED) is 0.773. The van der Waals surface area contributed by atoms with Crippen molar-refractivity contribution in [2.45, 2.75) is 6.92 Å². The second-order valence-electron chi connectivity index (χ2n) is 4.34. The fourth-order valence-corrected chi connectivity index (χ4v) is 1.91. The molecule has 1 heterocycles. The van der Waals surface area contributed by atoms with E-state index in [0.717, 1.165) is 11.3 Å². The van der Waals surface area contributed by atoms with Gasteiger partial charge < -0.3 is 9.64 Å². The molecule has 4 nitrogen and oxygen atoms in total. The van der Waals surface area contributed by atoms with Gasteiger partial charge in [-0.2, -0.15) is 5.26 Å². The number of benzene rings is 1. The van der Waals surface area contributed by atoms with Gasteiger partial charge in [0.2, 0.25) is 0 Å². The molecule has 0 saturated carbocycles. The number of amides is 1. The molecule has 0 atom stereocenters. The summed E-state index contributed by atoms with van der Waals surface area (Å²) in [6.07, 6.45) is 0. The minimum absolute atomic E-state index is 0.193. The lowest BCUT2D eigenvalue weighted by molar-refractivity contribution is -0.146. The lowest BCUT2D eigenvalue weighted by Gasteiger charge is -2.36. The number of nitrogens with zero attached hydrogens (tertiary/aromatic N) is 2. The molecule has 88 valence electrons. The van der Waals surface area contributed by atoms with Crippen LogP contribution in [0.3, 0.4) is 0 Å². The largest absolute Gasteiger partial charge is 0.377 e. The summed E-state index contributed by atoms with van der Waals surface area (Å²) < 4.78 is 5.00. The molecule has 0 bridgehead atoms. The van der Waals surface area contributed by atoms with Crippen LogP contribution in [0, 0.1) is 23.7 Å². The smallest absolute Gasteiger partial charge is 0.252 e. The van der Waals surface area contributed by atoms with Gasteiger partial charge in [0.05, 0.1) is 19.3 Å². The maximum Gasteiger partial charge on any atom is 0.252 e. The van der Waals surface area contributed by atoms with Crippen LogP contribution in [-0.2, 0) is 9.53 Å². The number of carbonyl (C=O) groups is 1. The Balaban J connectivity index is 2.27. The maximum absolute atomic E-state index is 12.3. The van der Waals surface area contributed by atoms with Crippen LogP contribution in [-0.4, -0.2) is 26.2 Å². The summed E-state index contributed by atoms with van der Waals surface area (Å²) in [5.41, 5.74) is 0.854. The van der Waals surface area contributed by atoms with Crippen LogP contribution in [0.2, 0.25) is 0 Å². The number of anilines is 1. The first kappa shape index (κ1) is 11.6. The number of para-hydroxylation sites is 1. The molecule has 0 spiro atoms. The Kier molecular flexibility index (Phi) is 2.86. The number of ether oxygens (including phenoxy) is 1. The number of hydrogen-bond acceptors (Lipinski definition) is 3. The van der Waals surface area contributed by atoms with Crippen LogP contribution in [0.4, 0.5) is 5.69 Å². The van der Waals surface area contributed by atoms with E-state index in [0.29, 0.717) is 0 Å². The molecule has 0 aromatic heterocycles. The van der Waals surface area contributed by atoms with Crippen LogP contribution in [0.5, 0.6) is 0 Å². The lowest BCUT2D eigenvalue weighted by atomic mass is 9.86. The van der Waals surface area contributed by atoms with Gasteiger partial charge in [0.1, 0.15) is 0 Å². The van der Waals surface area contributed by atoms with Gasteiger partial charge in [0.15, 0.2) is 5.41 Å². The molecule has 0 radical (unpaired) electrons. The molecule has 1 aliphatic heterocycles. The van der Waals surface area contributed by atoms with E-state index in [1.165, 1.54) is 0 Å². The first-order valence-corrected chi connectivity index (χ1v) is 5.43. The predicted molar refractivity (Wildman–Crippen MR) is 63.5 cm³/mol. The van der Waals surface area contributed by atoms with E-state index in [9.17, 15) is 4.79 Å². The number of aryl methyl sites for hydroxylation is 1. The Morgan fingerprint density at radius 1 is 1.47 bits per heavy atom. The van der Waals surface area contributed by atoms with Crippen molar-refractivity contribution >= 4 is 11.6 Å². The number of carbonyl (C=O) groups excluding carboxylic acids is 1. The molecule has 1 amide bonds. The van der Waals surface area contributed by atoms with Gasteiger partial charge in [-0.3, -0.25) is 4.79 Å². The molecule has 1 aromatic carbocycles. The van der Waals surface area contributed by atoms with E-state index in [1.54, 1.807) is 11.9 Å². The number of nitriles is 1. The van der Waals surface area contributed by atoms with Crippen molar-refractivity contribution in [3.63, 3.8) is 0 Å². The molecule has 0 unspecified atom stereocenters. The highest BCUT2D eigenvalue weighted by atomic mass is 16.5. The Bertz CT molecular complexity index is 486. The van der Waals surface area contributed by atoms with Crippen molar-refractivity contribution in [1.29, 1.82) is 5.26 Å². The van der Waals surface area contributed by atoms with Crippen LogP contribution in [0.15, 0.2) is 24.3 Å². The zero-order chi connectivity index (χ0) is 12.5. The Labute approximate surface area is 100 Å². The van der Waals surface area contributed by atoms with Crippen molar-refractivity contribution < 1.29 is 9.53 Å². The SMILES string of the molecule is Cc1ccccc1N(C)C(=O)C1(C#N)COC1. The predicted octanol–water partition coefficient (Wildman–Crippen LogP) is 1.50. The van der Waals surface area contributed by atoms with Crippen LogP contribution < -0.4 is 4.90 Å². The zero-order valence-corrected chi connectivity index (χ0v) is 9.93. The molecule has 0 aliphatic carbocycles. The van der Waals surface area contributed by atoms with Gasteiger partial charge in [0.25, 0.3) is 5.91 Å². The first-order chi connectivity index (χ1) is 8.10. The second kappa shape index (κ2) is 4.19. The standard InChI is InChI=1S/C13H14N2O2/c1-10-5-3-4-6-11(10)15(2)12(16)13(7-14)8-17-9-13/h3-6H,8-9H2,1-2H3. The van der Waals surface area contributed by atoms with Crippen molar-refractivity contribution in [2.75, 3.05) is 25.2 Å². The van der Waals surface area contributed by atoms with Gasteiger partial charge in [-0.05, 0) is 18.6 Å². The summed E-state index contributed by atoms with van der Waals surface area (Å²) in [6.45, 7) is 2.33. The normalized spacial score (nSPS) is 16.8. The van der Waals surface area contributed by atoms with Crippen molar-refractivity contribution in [3.8, 4) is 6.07 Å². The Morgan fingerprint density at radius 2 is 2.12 bits per heavy atom. The summed E-state index contributed by atoms with van der Waals surface area (Å²) in [7, 11) is 1.70. The molecular weight excluding hydrogens is 216 g/mol. The molecule has 4 heteroatoms. The number of hydrogen-bond donors (Lipinski definition) is 0. The van der Waals surface area contributed by atoms with Gasteiger partial charge >= 0.3 is 0 Å². The highest BCUT2D eigenvalue weighted by molar-refractivity contribution is 6.00. The third-order valence-corrected chi connectivity index (χ3v) is 3.10. The first-order valence-electron chi connectivity index (χ1n) is 5.43. The minimum Gasteiger partial charge on any atom is -0.377 e. The second-order valence-corrected chi connectivity index (χ2v) is 4.34. The lowest BCUT2D eigenvalue weighted by Crippen LogP contribution is -2.53. The fraction of sp³-hybridized carbons (Fsp3) is 0.385. The average Bonchev–Trinajstić information content (AvgIpc) is 2.28. The summed E-state index contributed by atoms with van der Waals surface area (Å²) in [5, 5.41) is 9.09. The molecule has 1 saturated heterocycles. The molecule has 0 N–H and O–H groups in total. The summed E-state index contributed by atoms with van der Waals surface area (Å²) in [6, 6.07) is 9.68. The van der Waals surface area contributed by atoms with Gasteiger partial charge in [0, 0.05) is 12.7 Å². The average molecular weight is 230 g/mol. The Morgan fingerprint density at radius 3 is 2.59 bits per heavy atom. The third kappa shape index (κ3) is 1.79. The Hall–Kier alpha value is -1.86. The van der Waals surface area contributed by atoms with E-state index in [2.05, 4.69) is 6.07 Å². The molecule has 1 aliphatic rings. The van der Waals surface area contributed by atoms with E-state index in [1.807, 2.05) is 31.2 Å². The molecule has 17 heavy (non-hydrogen) atoms. The monoisotopic (exact) mass is 230 g/mol. The van der Waals surface area contributed by atoms with Gasteiger partial charge in [-0.25, -0.2) is 0 Å². The van der Waals surface area contributed by atoms with Gasteiger partial charge in [-0.15, -0.1) is 0 Å². The highest BCUT2D eigenvalue weighted by Gasteiger charge is 2.48. The van der Waals surface area contributed by atoms with Crippen molar-refractivity contribution in [2.24, 2.45) is 5.41 Å². The third-order valence-electron chi connectivity index (χ3n) is 3.10. The highest BCUT2D eigenvalue weighted by Crippen LogP contribution is 2.31. The summed E-state index contributed by atoms with van der Waals surface area (Å²) >= 11 is 0. The van der Waals surface area contributed by atoms with Crippen LogP contribution >= 0.6 is 0 Å². The van der Waals surface area contributed by atoms with E-state index in [-0.39, 0.29) is 19.1 Å². The summed E-state index contributed by atoms with van der Waals surface area (Å²) in [5.74, 6) is -0.194. The van der Waals surface area contributed by atoms with Gasteiger partial charge in [-0.1, -0.05) is 18.2 Å². The van der Waals surface area contributed by atoms with Crippen molar-refractivity contribution in [3.05, 3.63) is 29.8 Å². The fourth-order valence-electron chi connectivity index (χ4n) is 1.91. The molecule has 2 rings (SSSR count). The number of rotatable bonds is 2. The summed E-state index contributed by atoms with van der Waals surface area (Å²) in [4.78, 5) is 13.8. The topological polar surface area (TPSA) is 53.3 Å². The van der Waals surface area contributed by atoms with Crippen molar-refractivity contribution in [1.82, 2.24) is 0 Å². The zero-order valence-electron chi connectivity index (χ0n) is 9.93. The van der Waals surface area contributed by atoms with E-state index in [4.69, 9.17) is 10.00 Å².